The Hall–Kier alpha value is -1.34. The summed E-state index contributed by atoms with van der Waals surface area (Å²) in [6.07, 6.45) is 4.58. The van der Waals surface area contributed by atoms with Crippen LogP contribution in [0.3, 0.4) is 0 Å². The molecule has 1 aromatic rings. The molecule has 1 aliphatic rings. The summed E-state index contributed by atoms with van der Waals surface area (Å²) in [5.74, 6) is -0.481. The summed E-state index contributed by atoms with van der Waals surface area (Å²) in [6, 6.07) is 1.10. The highest BCUT2D eigenvalue weighted by Gasteiger charge is 2.24. The molecule has 1 heterocycles. The van der Waals surface area contributed by atoms with Gasteiger partial charge >= 0.3 is 5.97 Å². The van der Waals surface area contributed by atoms with Gasteiger partial charge in [-0.3, -0.25) is 0 Å². The van der Waals surface area contributed by atoms with Crippen molar-refractivity contribution in [2.24, 2.45) is 5.92 Å². The van der Waals surface area contributed by atoms with Crippen LogP contribution in [0.1, 0.15) is 49.6 Å². The largest absolute Gasteiger partial charge is 0.477 e. The lowest BCUT2D eigenvalue weighted by Crippen LogP contribution is -2.24. The average Bonchev–Trinajstić information content (AvgIpc) is 3.03. The molecule has 7 heteroatoms. The predicted molar refractivity (Wildman–Crippen MR) is 74.3 cm³/mol. The lowest BCUT2D eigenvalue weighted by molar-refractivity contribution is 0.0683. The van der Waals surface area contributed by atoms with E-state index in [1.807, 2.05) is 13.8 Å². The summed E-state index contributed by atoms with van der Waals surface area (Å²) in [5.41, 5.74) is -0.0115. The van der Waals surface area contributed by atoms with Crippen molar-refractivity contribution in [2.45, 2.75) is 44.0 Å². The maximum atomic E-state index is 12.1. The summed E-state index contributed by atoms with van der Waals surface area (Å²) in [4.78, 5) is 11.2. The van der Waals surface area contributed by atoms with Crippen LogP contribution >= 0.6 is 0 Å². The molecule has 1 aliphatic carbocycles. The van der Waals surface area contributed by atoms with Gasteiger partial charge in [0.15, 0.2) is 0 Å². The summed E-state index contributed by atoms with van der Waals surface area (Å²) in [7, 11) is -3.63. The third-order valence-corrected chi connectivity index (χ3v) is 4.88. The van der Waals surface area contributed by atoms with Gasteiger partial charge in [0.2, 0.25) is 10.0 Å². The standard InChI is InChI=1S/C13H20N2O4S/c1-9(2)15-8-11(7-12(15)13(16)17)20(18,19)14-6-5-10-3-4-10/h7-10,14H,3-6H2,1-2H3,(H,16,17). The lowest BCUT2D eigenvalue weighted by Gasteiger charge is -2.09. The highest BCUT2D eigenvalue weighted by Crippen LogP contribution is 2.31. The fourth-order valence-corrected chi connectivity index (χ4v) is 3.16. The normalized spacial score (nSPS) is 15.8. The number of hydrogen-bond donors (Lipinski definition) is 2. The van der Waals surface area contributed by atoms with E-state index in [0.717, 1.165) is 6.42 Å². The topological polar surface area (TPSA) is 88.4 Å². The smallest absolute Gasteiger partial charge is 0.352 e. The predicted octanol–water partition coefficient (Wildman–Crippen LogP) is 1.85. The summed E-state index contributed by atoms with van der Waals surface area (Å²) in [5, 5.41) is 9.11. The van der Waals surface area contributed by atoms with Gasteiger partial charge in [-0.15, -0.1) is 0 Å². The third-order valence-electron chi connectivity index (χ3n) is 3.45. The molecular weight excluding hydrogens is 280 g/mol. The Bertz CT molecular complexity index is 600. The van der Waals surface area contributed by atoms with Gasteiger partial charge < -0.3 is 9.67 Å². The van der Waals surface area contributed by atoms with E-state index in [1.54, 1.807) is 0 Å². The summed E-state index contributed by atoms with van der Waals surface area (Å²) in [6.45, 7) is 4.02. The maximum absolute atomic E-state index is 12.1. The van der Waals surface area contributed by atoms with E-state index in [4.69, 9.17) is 5.11 Å². The SMILES string of the molecule is CC(C)n1cc(S(=O)(=O)NCCC2CC2)cc1C(=O)O. The van der Waals surface area contributed by atoms with Crippen molar-refractivity contribution >= 4 is 16.0 Å². The highest BCUT2D eigenvalue weighted by molar-refractivity contribution is 7.89. The molecular formula is C13H20N2O4S. The van der Waals surface area contributed by atoms with E-state index in [0.29, 0.717) is 12.5 Å². The first-order chi connectivity index (χ1) is 9.31. The van der Waals surface area contributed by atoms with Crippen LogP contribution in [-0.4, -0.2) is 30.6 Å². The summed E-state index contributed by atoms with van der Waals surface area (Å²) < 4.78 is 28.2. The molecule has 0 aromatic carbocycles. The monoisotopic (exact) mass is 300 g/mol. The van der Waals surface area contributed by atoms with Gasteiger partial charge in [0.25, 0.3) is 0 Å². The van der Waals surface area contributed by atoms with Crippen LogP contribution in [0.4, 0.5) is 0 Å². The molecule has 6 nitrogen and oxygen atoms in total. The van der Waals surface area contributed by atoms with Crippen molar-refractivity contribution in [3.63, 3.8) is 0 Å². The van der Waals surface area contributed by atoms with E-state index < -0.39 is 16.0 Å². The zero-order valence-electron chi connectivity index (χ0n) is 11.7. The fraction of sp³-hybridized carbons (Fsp3) is 0.615. The number of nitrogens with zero attached hydrogens (tertiary/aromatic N) is 1. The molecule has 0 bridgehead atoms. The Morgan fingerprint density at radius 1 is 1.50 bits per heavy atom. The van der Waals surface area contributed by atoms with Gasteiger partial charge in [-0.1, -0.05) is 12.8 Å². The van der Waals surface area contributed by atoms with Crippen LogP contribution in [0.5, 0.6) is 0 Å². The lowest BCUT2D eigenvalue weighted by atomic mass is 10.3. The Morgan fingerprint density at radius 2 is 2.15 bits per heavy atom. The van der Waals surface area contributed by atoms with Crippen LogP contribution < -0.4 is 4.72 Å². The van der Waals surface area contributed by atoms with Crippen molar-refractivity contribution in [3.8, 4) is 0 Å². The van der Waals surface area contributed by atoms with Crippen molar-refractivity contribution in [1.82, 2.24) is 9.29 Å². The number of carbonyl (C=O) groups is 1. The minimum absolute atomic E-state index is 0.0115. The van der Waals surface area contributed by atoms with Gasteiger partial charge in [0.05, 0.1) is 0 Å². The fourth-order valence-electron chi connectivity index (χ4n) is 2.09. The molecule has 20 heavy (non-hydrogen) atoms. The Balaban J connectivity index is 2.17. The summed E-state index contributed by atoms with van der Waals surface area (Å²) >= 11 is 0. The molecule has 0 spiro atoms. The van der Waals surface area contributed by atoms with Gasteiger partial charge in [0.1, 0.15) is 10.6 Å². The molecule has 0 saturated heterocycles. The van der Waals surface area contributed by atoms with Crippen molar-refractivity contribution in [1.29, 1.82) is 0 Å². The van der Waals surface area contributed by atoms with Crippen LogP contribution in [-0.2, 0) is 10.0 Å². The van der Waals surface area contributed by atoms with Crippen molar-refractivity contribution < 1.29 is 18.3 Å². The van der Waals surface area contributed by atoms with E-state index >= 15 is 0 Å². The van der Waals surface area contributed by atoms with Crippen LogP contribution in [0.25, 0.3) is 0 Å². The first-order valence-electron chi connectivity index (χ1n) is 6.76. The van der Waals surface area contributed by atoms with Crippen LogP contribution in [0.2, 0.25) is 0 Å². The molecule has 0 aliphatic heterocycles. The molecule has 2 rings (SSSR count). The first-order valence-corrected chi connectivity index (χ1v) is 8.24. The molecule has 1 saturated carbocycles. The molecule has 0 atom stereocenters. The van der Waals surface area contributed by atoms with E-state index in [2.05, 4.69) is 4.72 Å². The zero-order chi connectivity index (χ0) is 14.9. The van der Waals surface area contributed by atoms with Gasteiger partial charge in [0, 0.05) is 18.8 Å². The molecule has 1 fully saturated rings. The van der Waals surface area contributed by atoms with E-state index in [9.17, 15) is 13.2 Å². The van der Waals surface area contributed by atoms with Crippen molar-refractivity contribution in [3.05, 3.63) is 18.0 Å². The highest BCUT2D eigenvalue weighted by atomic mass is 32.2. The number of sulfonamides is 1. The molecule has 112 valence electrons. The molecule has 0 unspecified atom stereocenters. The van der Waals surface area contributed by atoms with Crippen LogP contribution in [0.15, 0.2) is 17.2 Å². The third kappa shape index (κ3) is 3.40. The number of nitrogens with one attached hydrogen (secondary N) is 1. The van der Waals surface area contributed by atoms with Gasteiger partial charge in [-0.2, -0.15) is 0 Å². The number of carboxylic acid groups (broad SMARTS) is 1. The second-order valence-electron chi connectivity index (χ2n) is 5.50. The number of aromatic nitrogens is 1. The minimum atomic E-state index is -3.63. The Kier molecular flexibility index (Phi) is 4.19. The van der Waals surface area contributed by atoms with Crippen molar-refractivity contribution in [2.75, 3.05) is 6.54 Å². The number of aromatic carboxylic acids is 1. The molecule has 0 radical (unpaired) electrons. The number of carboxylic acids is 1. The minimum Gasteiger partial charge on any atom is -0.477 e. The average molecular weight is 300 g/mol. The zero-order valence-corrected chi connectivity index (χ0v) is 12.5. The van der Waals surface area contributed by atoms with Crippen LogP contribution in [0, 0.1) is 5.92 Å². The number of hydrogen-bond acceptors (Lipinski definition) is 3. The Labute approximate surface area is 118 Å². The van der Waals surface area contributed by atoms with Gasteiger partial charge in [-0.05, 0) is 32.3 Å². The second kappa shape index (κ2) is 5.57. The van der Waals surface area contributed by atoms with Gasteiger partial charge in [-0.25, -0.2) is 17.9 Å². The maximum Gasteiger partial charge on any atom is 0.352 e. The molecule has 1 aromatic heterocycles. The Morgan fingerprint density at radius 3 is 2.60 bits per heavy atom. The second-order valence-corrected chi connectivity index (χ2v) is 7.26. The number of rotatable bonds is 7. The quantitative estimate of drug-likeness (QED) is 0.804. The first kappa shape index (κ1) is 15.1. The van der Waals surface area contributed by atoms with E-state index in [1.165, 1.54) is 29.7 Å². The van der Waals surface area contributed by atoms with E-state index in [-0.39, 0.29) is 16.6 Å². The molecule has 2 N–H and O–H groups in total. The molecule has 0 amide bonds.